The lowest BCUT2D eigenvalue weighted by molar-refractivity contribution is -0.141. The van der Waals surface area contributed by atoms with Crippen LogP contribution in [0.25, 0.3) is 0 Å². The van der Waals surface area contributed by atoms with E-state index in [0.717, 1.165) is 5.56 Å². The van der Waals surface area contributed by atoms with Gasteiger partial charge in [-0.05, 0) is 30.2 Å². The van der Waals surface area contributed by atoms with E-state index in [1.165, 1.54) is 6.92 Å². The van der Waals surface area contributed by atoms with Crippen LogP contribution >= 0.6 is 0 Å². The van der Waals surface area contributed by atoms with Gasteiger partial charge in [-0.3, -0.25) is 9.59 Å². The van der Waals surface area contributed by atoms with Gasteiger partial charge < -0.3 is 15.3 Å². The van der Waals surface area contributed by atoms with Crippen LogP contribution in [0.1, 0.15) is 67.4 Å². The van der Waals surface area contributed by atoms with Gasteiger partial charge in [0.25, 0.3) is 0 Å². The lowest BCUT2D eigenvalue weighted by atomic mass is 9.71. The van der Waals surface area contributed by atoms with Gasteiger partial charge >= 0.3 is 5.97 Å². The Bertz CT molecular complexity index is 926. The average Bonchev–Trinajstić information content (AvgIpc) is 2.77. The van der Waals surface area contributed by atoms with Crippen molar-refractivity contribution >= 4 is 17.8 Å². The van der Waals surface area contributed by atoms with Crippen LogP contribution < -0.4 is 5.32 Å². The summed E-state index contributed by atoms with van der Waals surface area (Å²) in [5.41, 5.74) is 0.157. The summed E-state index contributed by atoms with van der Waals surface area (Å²) in [7, 11) is 1.67. The van der Waals surface area contributed by atoms with Crippen LogP contribution in [0.5, 0.6) is 0 Å². The number of carboxylic acid groups (broad SMARTS) is 1. The van der Waals surface area contributed by atoms with Crippen LogP contribution in [-0.2, 0) is 19.8 Å². The molecule has 0 saturated heterocycles. The van der Waals surface area contributed by atoms with E-state index < -0.39 is 34.8 Å². The Morgan fingerprint density at radius 2 is 1.63 bits per heavy atom. The molecule has 0 bridgehead atoms. The van der Waals surface area contributed by atoms with Crippen molar-refractivity contribution in [1.82, 2.24) is 10.2 Å². The summed E-state index contributed by atoms with van der Waals surface area (Å²) in [6, 6.07) is 8.65. The molecular formula is C29H44N2O4. The first-order chi connectivity index (χ1) is 16.0. The fourth-order valence-corrected chi connectivity index (χ4v) is 4.29. The second kappa shape index (κ2) is 12.2. The van der Waals surface area contributed by atoms with E-state index in [-0.39, 0.29) is 23.3 Å². The quantitative estimate of drug-likeness (QED) is 0.334. The van der Waals surface area contributed by atoms with Gasteiger partial charge in [-0.1, -0.05) is 91.0 Å². The minimum Gasteiger partial charge on any atom is -0.478 e. The second-order valence-electron chi connectivity index (χ2n) is 11.3. The fourth-order valence-electron chi connectivity index (χ4n) is 4.29. The highest BCUT2D eigenvalue weighted by Crippen LogP contribution is 2.35. The summed E-state index contributed by atoms with van der Waals surface area (Å²) in [6.45, 7) is 19.1. The molecule has 0 aliphatic heterocycles. The summed E-state index contributed by atoms with van der Waals surface area (Å²) >= 11 is 0. The van der Waals surface area contributed by atoms with Crippen molar-refractivity contribution in [1.29, 1.82) is 0 Å². The van der Waals surface area contributed by atoms with Gasteiger partial charge in [0.2, 0.25) is 11.8 Å². The van der Waals surface area contributed by atoms with Crippen LogP contribution in [0.4, 0.5) is 0 Å². The zero-order valence-corrected chi connectivity index (χ0v) is 22.9. The monoisotopic (exact) mass is 484 g/mol. The number of nitrogens with one attached hydrogen (secondary N) is 1. The fraction of sp³-hybridized carbons (Fsp3) is 0.552. The molecule has 35 heavy (non-hydrogen) atoms. The number of carboxylic acids is 1. The van der Waals surface area contributed by atoms with Gasteiger partial charge in [0.15, 0.2) is 0 Å². The standard InChI is InChI=1S/C29H44N2O4/c1-11-15-22(29(8,9)21-16-13-12-14-17-21)25(32)30-24(28(5,6)7)26(33)31(10)23(19(2)3)18-20(4)27(34)35/h11-14,16-19,22-24H,1,15H2,2-10H3,(H,30,32)(H,34,35)/t22-,23+,24+/m0/s1. The molecule has 6 heteroatoms. The normalized spacial score (nSPS) is 15.2. The Hall–Kier alpha value is -2.89. The van der Waals surface area contributed by atoms with Gasteiger partial charge in [0, 0.05) is 18.0 Å². The number of aliphatic carboxylic acids is 1. The predicted molar refractivity (Wildman–Crippen MR) is 142 cm³/mol. The number of carbonyl (C=O) groups excluding carboxylic acids is 2. The zero-order valence-electron chi connectivity index (χ0n) is 22.9. The van der Waals surface area contributed by atoms with Crippen LogP contribution in [0, 0.1) is 17.3 Å². The summed E-state index contributed by atoms with van der Waals surface area (Å²) in [5.74, 6) is -1.93. The molecule has 0 aromatic heterocycles. The number of benzene rings is 1. The van der Waals surface area contributed by atoms with E-state index in [1.54, 1.807) is 24.1 Å². The molecule has 0 fully saturated rings. The number of allylic oxidation sites excluding steroid dienone is 1. The molecule has 0 spiro atoms. The number of amides is 2. The van der Waals surface area contributed by atoms with E-state index in [2.05, 4.69) is 11.9 Å². The van der Waals surface area contributed by atoms with Crippen molar-refractivity contribution in [2.45, 2.75) is 79.3 Å². The van der Waals surface area contributed by atoms with Crippen molar-refractivity contribution in [3.63, 3.8) is 0 Å². The molecular weight excluding hydrogens is 440 g/mol. The number of rotatable bonds is 11. The van der Waals surface area contributed by atoms with Gasteiger partial charge in [0.1, 0.15) is 6.04 Å². The molecule has 1 rings (SSSR count). The highest BCUT2D eigenvalue weighted by Gasteiger charge is 2.41. The number of hydrogen-bond donors (Lipinski definition) is 2. The summed E-state index contributed by atoms with van der Waals surface area (Å²) in [4.78, 5) is 40.4. The minimum atomic E-state index is -1.02. The summed E-state index contributed by atoms with van der Waals surface area (Å²) in [5, 5.41) is 12.4. The number of hydrogen-bond acceptors (Lipinski definition) is 3. The van der Waals surface area contributed by atoms with Crippen LogP contribution in [0.15, 0.2) is 54.6 Å². The van der Waals surface area contributed by atoms with E-state index in [1.807, 2.05) is 78.8 Å². The van der Waals surface area contributed by atoms with Crippen molar-refractivity contribution in [2.24, 2.45) is 17.3 Å². The Morgan fingerprint density at radius 3 is 2.06 bits per heavy atom. The molecule has 0 unspecified atom stereocenters. The molecule has 1 aromatic carbocycles. The van der Waals surface area contributed by atoms with E-state index in [0.29, 0.717) is 6.42 Å². The lowest BCUT2D eigenvalue weighted by Crippen LogP contribution is -2.58. The maximum absolute atomic E-state index is 13.7. The first-order valence-corrected chi connectivity index (χ1v) is 12.2. The molecule has 0 aliphatic carbocycles. The van der Waals surface area contributed by atoms with E-state index in [4.69, 9.17) is 0 Å². The summed E-state index contributed by atoms with van der Waals surface area (Å²) < 4.78 is 0. The Morgan fingerprint density at radius 1 is 1.09 bits per heavy atom. The number of carbonyl (C=O) groups is 3. The SMILES string of the molecule is C=CC[C@@H](C(=O)N[C@H](C(=O)N(C)[C@H](C=C(C)C(=O)O)C(C)C)C(C)(C)C)C(C)(C)c1ccccc1. The molecule has 0 radical (unpaired) electrons. The molecule has 3 atom stereocenters. The highest BCUT2D eigenvalue weighted by molar-refractivity contribution is 5.90. The molecule has 2 N–H and O–H groups in total. The molecule has 0 saturated carbocycles. The largest absolute Gasteiger partial charge is 0.478 e. The van der Waals surface area contributed by atoms with Gasteiger partial charge in [-0.15, -0.1) is 6.58 Å². The Kier molecular flexibility index (Phi) is 10.5. The smallest absolute Gasteiger partial charge is 0.331 e. The molecule has 0 aliphatic rings. The van der Waals surface area contributed by atoms with Crippen molar-refractivity contribution in [2.75, 3.05) is 7.05 Å². The second-order valence-corrected chi connectivity index (χ2v) is 11.3. The van der Waals surface area contributed by atoms with Crippen molar-refractivity contribution in [3.05, 3.63) is 60.2 Å². The minimum absolute atomic E-state index is 0.0138. The molecule has 0 heterocycles. The third-order valence-corrected chi connectivity index (χ3v) is 6.74. The lowest BCUT2D eigenvalue weighted by Gasteiger charge is -2.39. The maximum Gasteiger partial charge on any atom is 0.331 e. The predicted octanol–water partition coefficient (Wildman–Crippen LogP) is 5.20. The molecule has 1 aromatic rings. The van der Waals surface area contributed by atoms with Crippen molar-refractivity contribution < 1.29 is 19.5 Å². The first-order valence-electron chi connectivity index (χ1n) is 12.2. The van der Waals surface area contributed by atoms with Crippen molar-refractivity contribution in [3.8, 4) is 0 Å². The number of nitrogens with zero attached hydrogens (tertiary/aromatic N) is 1. The Labute approximate surface area is 211 Å². The topological polar surface area (TPSA) is 86.7 Å². The van der Waals surface area contributed by atoms with Crippen LogP contribution in [0.3, 0.4) is 0 Å². The first kappa shape index (κ1) is 30.1. The molecule has 2 amide bonds. The van der Waals surface area contributed by atoms with Crippen LogP contribution in [-0.4, -0.2) is 46.9 Å². The Balaban J connectivity index is 3.35. The number of likely N-dealkylation sites (N-methyl/N-ethyl adjacent to an activating group) is 1. The summed E-state index contributed by atoms with van der Waals surface area (Å²) in [6.07, 6.45) is 3.80. The maximum atomic E-state index is 13.7. The van der Waals surface area contributed by atoms with Gasteiger partial charge in [-0.25, -0.2) is 4.79 Å². The zero-order chi connectivity index (χ0) is 27.1. The van der Waals surface area contributed by atoms with E-state index >= 15 is 0 Å². The molecule has 194 valence electrons. The van der Waals surface area contributed by atoms with Crippen LogP contribution in [0.2, 0.25) is 0 Å². The highest BCUT2D eigenvalue weighted by atomic mass is 16.4. The molecule has 6 nitrogen and oxygen atoms in total. The average molecular weight is 485 g/mol. The van der Waals surface area contributed by atoms with E-state index in [9.17, 15) is 19.5 Å². The third-order valence-electron chi connectivity index (χ3n) is 6.74. The third kappa shape index (κ3) is 7.81. The van der Waals surface area contributed by atoms with Gasteiger partial charge in [-0.2, -0.15) is 0 Å². The van der Waals surface area contributed by atoms with Gasteiger partial charge in [0.05, 0.1) is 12.0 Å².